The van der Waals surface area contributed by atoms with Crippen LogP contribution < -0.4 is 9.80 Å². The van der Waals surface area contributed by atoms with Crippen molar-refractivity contribution in [2.24, 2.45) is 0 Å². The Balaban J connectivity index is 0.859. The lowest BCUT2D eigenvalue weighted by Crippen LogP contribution is -2.11. The van der Waals surface area contributed by atoms with Crippen molar-refractivity contribution in [1.29, 1.82) is 0 Å². The molecule has 0 radical (unpaired) electrons. The van der Waals surface area contributed by atoms with Crippen LogP contribution in [0.1, 0.15) is 0 Å². The van der Waals surface area contributed by atoms with Gasteiger partial charge in [0.25, 0.3) is 0 Å². The molecule has 342 valence electrons. The average molecular weight is 935 g/mol. The van der Waals surface area contributed by atoms with E-state index >= 15 is 0 Å². The molecule has 0 aliphatic carbocycles. The van der Waals surface area contributed by atoms with Gasteiger partial charge in [-0.2, -0.15) is 0 Å². The van der Waals surface area contributed by atoms with Gasteiger partial charge < -0.3 is 23.1 Å². The molecule has 5 nitrogen and oxygen atoms in total. The fourth-order valence-electron chi connectivity index (χ4n) is 11.3. The van der Waals surface area contributed by atoms with Crippen molar-refractivity contribution in [1.82, 2.24) is 0 Å². The summed E-state index contributed by atoms with van der Waals surface area (Å²) in [5, 5.41) is 11.1. The number of hydrogen-bond acceptors (Lipinski definition) is 5. The summed E-state index contributed by atoms with van der Waals surface area (Å²) in [6, 6.07) is 90.1. The van der Waals surface area contributed by atoms with Crippen molar-refractivity contribution in [2.45, 2.75) is 0 Å². The van der Waals surface area contributed by atoms with Crippen LogP contribution in [0.25, 0.3) is 110 Å². The van der Waals surface area contributed by atoms with Gasteiger partial charge in [-0.3, -0.25) is 0 Å². The first-order valence-electron chi connectivity index (χ1n) is 24.7. The molecule has 12 aromatic carbocycles. The van der Waals surface area contributed by atoms with Gasteiger partial charge in [0.1, 0.15) is 22.3 Å². The van der Waals surface area contributed by atoms with Crippen molar-refractivity contribution in [3.8, 4) is 22.3 Å². The zero-order valence-electron chi connectivity index (χ0n) is 39.4. The Morgan fingerprint density at radius 1 is 0.233 bits per heavy atom. The van der Waals surface area contributed by atoms with E-state index in [1.165, 1.54) is 5.39 Å². The Morgan fingerprint density at radius 2 is 0.726 bits per heavy atom. The third-order valence-corrected chi connectivity index (χ3v) is 14.6. The molecule has 5 heteroatoms. The number of rotatable bonds is 8. The lowest BCUT2D eigenvalue weighted by Gasteiger charge is -2.28. The van der Waals surface area contributed by atoms with E-state index in [-0.39, 0.29) is 0 Å². The predicted octanol–water partition coefficient (Wildman–Crippen LogP) is 20.0. The standard InChI is InChI=1S/C68H42N2O3/c1-3-17-44(18-4-1)49-21-9-12-28-59(49)70(61-30-16-27-55-52-24-11-14-32-63(52)72-67(55)61)47-36-33-43(34-37-47)45-35-39-57-64(41-45)73-68-56-40-38-48(42-58(56)50-22-7-8-25-53(50)65(57)68)69(46-19-5-2-6-20-46)60-29-15-26-54-51-23-10-13-31-62(51)71-66(54)60/h1-42H. The first-order valence-corrected chi connectivity index (χ1v) is 24.7. The second-order valence-electron chi connectivity index (χ2n) is 18.7. The lowest BCUT2D eigenvalue weighted by molar-refractivity contribution is 0.668. The smallest absolute Gasteiger partial charge is 0.159 e. The van der Waals surface area contributed by atoms with Crippen LogP contribution in [0.3, 0.4) is 0 Å². The normalized spacial score (nSPS) is 11.8. The summed E-state index contributed by atoms with van der Waals surface area (Å²) in [5.41, 5.74) is 15.7. The maximum Gasteiger partial charge on any atom is 0.159 e. The van der Waals surface area contributed by atoms with E-state index in [9.17, 15) is 0 Å². The van der Waals surface area contributed by atoms with E-state index in [1.807, 2.05) is 24.3 Å². The van der Waals surface area contributed by atoms with Gasteiger partial charge in [-0.25, -0.2) is 0 Å². The van der Waals surface area contributed by atoms with Gasteiger partial charge in [-0.1, -0.05) is 170 Å². The number of hydrogen-bond donors (Lipinski definition) is 0. The van der Waals surface area contributed by atoms with E-state index in [0.29, 0.717) is 0 Å². The Labute approximate surface area is 419 Å². The summed E-state index contributed by atoms with van der Waals surface area (Å²) in [7, 11) is 0. The molecule has 73 heavy (non-hydrogen) atoms. The first kappa shape index (κ1) is 41.0. The second kappa shape index (κ2) is 16.4. The summed E-state index contributed by atoms with van der Waals surface area (Å²) in [4.78, 5) is 4.64. The fraction of sp³-hybridized carbons (Fsp3) is 0. The first-order chi connectivity index (χ1) is 36.2. The molecule has 0 saturated heterocycles. The molecule has 0 saturated carbocycles. The molecule has 3 aromatic heterocycles. The Bertz CT molecular complexity index is 4630. The molecule has 0 atom stereocenters. The van der Waals surface area contributed by atoms with Crippen molar-refractivity contribution in [2.75, 3.05) is 9.80 Å². The lowest BCUT2D eigenvalue weighted by atomic mass is 9.95. The summed E-state index contributed by atoms with van der Waals surface area (Å²) in [6.07, 6.45) is 0. The van der Waals surface area contributed by atoms with E-state index in [2.05, 4.69) is 240 Å². The summed E-state index contributed by atoms with van der Waals surface area (Å²) in [6.45, 7) is 0. The minimum Gasteiger partial charge on any atom is -0.455 e. The van der Waals surface area contributed by atoms with Crippen molar-refractivity contribution < 1.29 is 13.3 Å². The molecule has 0 amide bonds. The van der Waals surface area contributed by atoms with Crippen LogP contribution >= 0.6 is 0 Å². The van der Waals surface area contributed by atoms with Crippen LogP contribution in [-0.4, -0.2) is 0 Å². The molecule has 0 aliphatic rings. The molecule has 15 aromatic rings. The maximum absolute atomic E-state index is 7.05. The van der Waals surface area contributed by atoms with Crippen LogP contribution in [0, 0.1) is 0 Å². The van der Waals surface area contributed by atoms with Gasteiger partial charge in [0.2, 0.25) is 0 Å². The van der Waals surface area contributed by atoms with Crippen LogP contribution in [0.15, 0.2) is 268 Å². The van der Waals surface area contributed by atoms with E-state index < -0.39 is 0 Å². The highest BCUT2D eigenvalue weighted by molar-refractivity contribution is 6.30. The van der Waals surface area contributed by atoms with Gasteiger partial charge in [0.15, 0.2) is 11.2 Å². The Hall–Kier alpha value is -9.84. The number of benzene rings is 12. The van der Waals surface area contributed by atoms with Crippen LogP contribution in [-0.2, 0) is 0 Å². The Kier molecular flexibility index (Phi) is 9.19. The minimum absolute atomic E-state index is 0.843. The third kappa shape index (κ3) is 6.49. The summed E-state index contributed by atoms with van der Waals surface area (Å²) in [5.74, 6) is 0. The quantitative estimate of drug-likeness (QED) is 0.142. The van der Waals surface area contributed by atoms with Crippen molar-refractivity contribution in [3.63, 3.8) is 0 Å². The molecule has 15 rings (SSSR count). The number of anilines is 6. The molecule has 0 fully saturated rings. The largest absolute Gasteiger partial charge is 0.455 e. The predicted molar refractivity (Wildman–Crippen MR) is 304 cm³/mol. The van der Waals surface area contributed by atoms with E-state index in [1.54, 1.807) is 0 Å². The van der Waals surface area contributed by atoms with Gasteiger partial charge in [-0.05, 0) is 118 Å². The monoisotopic (exact) mass is 934 g/mol. The zero-order valence-corrected chi connectivity index (χ0v) is 39.4. The molecule has 3 heterocycles. The van der Waals surface area contributed by atoms with Gasteiger partial charge in [0.05, 0.1) is 17.1 Å². The molecule has 0 unspecified atom stereocenters. The molecule has 0 aliphatic heterocycles. The van der Waals surface area contributed by atoms with Gasteiger partial charge in [-0.15, -0.1) is 0 Å². The van der Waals surface area contributed by atoms with Crippen molar-refractivity contribution >= 4 is 121 Å². The molecular formula is C68H42N2O3. The Morgan fingerprint density at radius 3 is 1.44 bits per heavy atom. The van der Waals surface area contributed by atoms with Crippen LogP contribution in [0.4, 0.5) is 34.1 Å². The van der Waals surface area contributed by atoms with Gasteiger partial charge >= 0.3 is 0 Å². The number of furan rings is 3. The SMILES string of the molecule is c1ccc(-c2ccccc2N(c2ccc(-c3ccc4c(c3)oc3c5ccc(N(c6ccccc6)c6cccc7c6oc6ccccc67)cc5c5ccccc5c43)cc2)c2cccc3c2oc2ccccc23)cc1. The molecule has 0 bridgehead atoms. The highest BCUT2D eigenvalue weighted by Gasteiger charge is 2.24. The van der Waals surface area contributed by atoms with Crippen molar-refractivity contribution in [3.05, 3.63) is 255 Å². The summed E-state index contributed by atoms with van der Waals surface area (Å²) < 4.78 is 20.4. The van der Waals surface area contributed by atoms with Gasteiger partial charge in [0, 0.05) is 60.3 Å². The topological polar surface area (TPSA) is 45.9 Å². The fourth-order valence-corrected chi connectivity index (χ4v) is 11.3. The van der Waals surface area contributed by atoms with E-state index in [4.69, 9.17) is 13.3 Å². The molecular weight excluding hydrogens is 893 g/mol. The second-order valence-corrected chi connectivity index (χ2v) is 18.7. The number of fused-ring (bicyclic) bond motifs is 14. The maximum atomic E-state index is 7.05. The highest BCUT2D eigenvalue weighted by Crippen LogP contribution is 2.48. The number of para-hydroxylation sites is 6. The van der Waals surface area contributed by atoms with E-state index in [0.717, 1.165) is 138 Å². The molecule has 0 spiro atoms. The van der Waals surface area contributed by atoms with Crippen LogP contribution in [0.5, 0.6) is 0 Å². The zero-order chi connectivity index (χ0) is 48.0. The highest BCUT2D eigenvalue weighted by atomic mass is 16.3. The van der Waals surface area contributed by atoms with Crippen LogP contribution in [0.2, 0.25) is 0 Å². The average Bonchev–Trinajstić information content (AvgIpc) is 4.17. The summed E-state index contributed by atoms with van der Waals surface area (Å²) >= 11 is 0. The third-order valence-electron chi connectivity index (χ3n) is 14.6. The number of nitrogens with zero attached hydrogens (tertiary/aromatic N) is 2. The molecule has 0 N–H and O–H groups in total. The minimum atomic E-state index is 0.843.